The van der Waals surface area contributed by atoms with Crippen molar-refractivity contribution in [2.24, 2.45) is 0 Å². The average Bonchev–Trinajstić information content (AvgIpc) is 2.02. The fraction of sp³-hybridized carbons (Fsp3) is 0.667. The number of halogens is 1. The highest BCUT2D eigenvalue weighted by Gasteiger charge is 2.12. The molecule has 5 heteroatoms. The highest BCUT2D eigenvalue weighted by atomic mass is 35.5. The molecule has 0 rings (SSSR count). The van der Waals surface area contributed by atoms with Crippen LogP contribution in [0.25, 0.3) is 0 Å². The van der Waals surface area contributed by atoms with Crippen LogP contribution in [0.15, 0.2) is 0 Å². The Kier molecular flexibility index (Phi) is 4.61. The predicted molar refractivity (Wildman–Crippen MR) is 42.4 cm³/mol. The van der Waals surface area contributed by atoms with Gasteiger partial charge < -0.3 is 10.6 Å². The molecule has 0 radical (unpaired) electrons. The van der Waals surface area contributed by atoms with Gasteiger partial charge in [-0.1, -0.05) is 0 Å². The predicted octanol–water partition coefficient (Wildman–Crippen LogP) is -0.524. The number of carbonyl (C=O) groups excluding carboxylic acids is 2. The van der Waals surface area contributed by atoms with Gasteiger partial charge in [-0.2, -0.15) is 0 Å². The van der Waals surface area contributed by atoms with Crippen LogP contribution in [0.3, 0.4) is 0 Å². The van der Waals surface area contributed by atoms with Crippen molar-refractivity contribution in [3.8, 4) is 0 Å². The maximum atomic E-state index is 10.8. The van der Waals surface area contributed by atoms with E-state index in [1.54, 1.807) is 6.92 Å². The quantitative estimate of drug-likeness (QED) is 0.572. The van der Waals surface area contributed by atoms with Gasteiger partial charge >= 0.3 is 0 Å². The van der Waals surface area contributed by atoms with Crippen molar-refractivity contribution in [2.75, 3.05) is 12.9 Å². The molecular formula is C6H11ClN2O2. The Morgan fingerprint density at radius 3 is 2.45 bits per heavy atom. The molecule has 64 valence electrons. The summed E-state index contributed by atoms with van der Waals surface area (Å²) in [5, 5.41) is 4.79. The number of carbonyl (C=O) groups is 2. The number of nitrogens with one attached hydrogen (secondary N) is 2. The summed E-state index contributed by atoms with van der Waals surface area (Å²) in [7, 11) is 1.51. The molecular weight excluding hydrogens is 168 g/mol. The minimum atomic E-state index is -0.522. The summed E-state index contributed by atoms with van der Waals surface area (Å²) >= 11 is 5.20. The van der Waals surface area contributed by atoms with Crippen LogP contribution >= 0.6 is 11.6 Å². The summed E-state index contributed by atoms with van der Waals surface area (Å²) in [6.45, 7) is 1.59. The number of hydrogen-bond acceptors (Lipinski definition) is 2. The fourth-order valence-corrected chi connectivity index (χ4v) is 0.639. The molecule has 4 nitrogen and oxygen atoms in total. The van der Waals surface area contributed by atoms with Crippen LogP contribution in [-0.2, 0) is 9.59 Å². The second-order valence-corrected chi connectivity index (χ2v) is 2.30. The third kappa shape index (κ3) is 3.83. The molecule has 2 amide bonds. The molecule has 0 aliphatic carbocycles. The normalized spacial score (nSPS) is 11.9. The third-order valence-electron chi connectivity index (χ3n) is 1.14. The van der Waals surface area contributed by atoms with Gasteiger partial charge in [0.15, 0.2) is 0 Å². The Morgan fingerprint density at radius 1 is 1.55 bits per heavy atom. The molecule has 0 fully saturated rings. The van der Waals surface area contributed by atoms with Gasteiger partial charge in [0.25, 0.3) is 0 Å². The lowest BCUT2D eigenvalue weighted by molar-refractivity contribution is -0.127. The van der Waals surface area contributed by atoms with Gasteiger partial charge in [-0.3, -0.25) is 9.59 Å². The summed E-state index contributed by atoms with van der Waals surface area (Å²) in [4.78, 5) is 21.4. The van der Waals surface area contributed by atoms with Gasteiger partial charge in [-0.25, -0.2) is 0 Å². The molecule has 11 heavy (non-hydrogen) atoms. The largest absolute Gasteiger partial charge is 0.357 e. The zero-order chi connectivity index (χ0) is 8.85. The van der Waals surface area contributed by atoms with Gasteiger partial charge in [0.1, 0.15) is 11.9 Å². The van der Waals surface area contributed by atoms with Crippen LogP contribution in [0, 0.1) is 0 Å². The Morgan fingerprint density at radius 2 is 2.09 bits per heavy atom. The molecule has 0 aromatic carbocycles. The summed E-state index contributed by atoms with van der Waals surface area (Å²) in [6.07, 6.45) is 0. The molecule has 0 bridgehead atoms. The summed E-state index contributed by atoms with van der Waals surface area (Å²) < 4.78 is 0. The second kappa shape index (κ2) is 4.96. The van der Waals surface area contributed by atoms with E-state index in [4.69, 9.17) is 11.6 Å². The lowest BCUT2D eigenvalue weighted by Gasteiger charge is -2.10. The van der Waals surface area contributed by atoms with Crippen molar-refractivity contribution < 1.29 is 9.59 Å². The Bertz CT molecular complexity index is 161. The summed E-state index contributed by atoms with van der Waals surface area (Å²) in [5.41, 5.74) is 0. The third-order valence-corrected chi connectivity index (χ3v) is 1.38. The van der Waals surface area contributed by atoms with Crippen LogP contribution in [0.5, 0.6) is 0 Å². The molecule has 0 aromatic rings. The molecule has 1 unspecified atom stereocenters. The second-order valence-electron chi connectivity index (χ2n) is 2.04. The van der Waals surface area contributed by atoms with E-state index in [2.05, 4.69) is 10.6 Å². The van der Waals surface area contributed by atoms with E-state index in [9.17, 15) is 9.59 Å². The zero-order valence-corrected chi connectivity index (χ0v) is 7.23. The lowest BCUT2D eigenvalue weighted by atomic mass is 10.3. The van der Waals surface area contributed by atoms with Crippen molar-refractivity contribution in [1.29, 1.82) is 0 Å². The molecule has 2 N–H and O–H groups in total. The van der Waals surface area contributed by atoms with E-state index in [1.165, 1.54) is 7.05 Å². The van der Waals surface area contributed by atoms with Crippen molar-refractivity contribution in [2.45, 2.75) is 13.0 Å². The lowest BCUT2D eigenvalue weighted by Crippen LogP contribution is -2.44. The van der Waals surface area contributed by atoms with Crippen LogP contribution in [-0.4, -0.2) is 30.8 Å². The van der Waals surface area contributed by atoms with E-state index in [-0.39, 0.29) is 17.7 Å². The standard InChI is InChI=1S/C6H11ClN2O2/c1-4(6(11)8-2)9-5(10)3-7/h4H,3H2,1-2H3,(H,8,11)(H,9,10). The summed E-state index contributed by atoms with van der Waals surface area (Å²) in [5.74, 6) is -0.701. The molecule has 0 saturated carbocycles. The molecule has 0 aliphatic rings. The van der Waals surface area contributed by atoms with E-state index in [1.807, 2.05) is 0 Å². The maximum absolute atomic E-state index is 10.8. The summed E-state index contributed by atoms with van der Waals surface area (Å²) in [6, 6.07) is -0.522. The van der Waals surface area contributed by atoms with E-state index < -0.39 is 6.04 Å². The zero-order valence-electron chi connectivity index (χ0n) is 6.48. The molecule has 0 aliphatic heterocycles. The van der Waals surface area contributed by atoms with Crippen molar-refractivity contribution in [3.63, 3.8) is 0 Å². The molecule has 0 heterocycles. The average molecular weight is 179 g/mol. The number of rotatable bonds is 3. The van der Waals surface area contributed by atoms with Crippen molar-refractivity contribution in [3.05, 3.63) is 0 Å². The molecule has 0 spiro atoms. The number of amides is 2. The number of alkyl halides is 1. The molecule has 1 atom stereocenters. The first-order chi connectivity index (χ1) is 5.11. The van der Waals surface area contributed by atoms with Crippen LogP contribution in [0.2, 0.25) is 0 Å². The number of likely N-dealkylation sites (N-methyl/N-ethyl adjacent to an activating group) is 1. The first kappa shape index (κ1) is 10.2. The van der Waals surface area contributed by atoms with Gasteiger partial charge in [-0.15, -0.1) is 11.6 Å². The van der Waals surface area contributed by atoms with Gasteiger partial charge in [0.2, 0.25) is 11.8 Å². The minimum Gasteiger partial charge on any atom is -0.357 e. The van der Waals surface area contributed by atoms with Crippen molar-refractivity contribution >= 4 is 23.4 Å². The van der Waals surface area contributed by atoms with Gasteiger partial charge in [0, 0.05) is 7.05 Å². The maximum Gasteiger partial charge on any atom is 0.242 e. The first-order valence-electron chi connectivity index (χ1n) is 3.18. The monoisotopic (exact) mass is 178 g/mol. The van der Waals surface area contributed by atoms with Crippen LogP contribution < -0.4 is 10.6 Å². The van der Waals surface area contributed by atoms with Crippen LogP contribution in [0.4, 0.5) is 0 Å². The van der Waals surface area contributed by atoms with Gasteiger partial charge in [-0.05, 0) is 6.92 Å². The Labute approximate surface area is 70.3 Å². The van der Waals surface area contributed by atoms with E-state index in [0.717, 1.165) is 0 Å². The van der Waals surface area contributed by atoms with Gasteiger partial charge in [0.05, 0.1) is 0 Å². The van der Waals surface area contributed by atoms with Crippen molar-refractivity contribution in [1.82, 2.24) is 10.6 Å². The minimum absolute atomic E-state index is 0.124. The molecule has 0 saturated heterocycles. The SMILES string of the molecule is CNC(=O)C(C)NC(=O)CCl. The Hall–Kier alpha value is -0.770. The molecule has 0 aromatic heterocycles. The smallest absolute Gasteiger partial charge is 0.242 e. The highest BCUT2D eigenvalue weighted by Crippen LogP contribution is 1.82. The van der Waals surface area contributed by atoms with E-state index in [0.29, 0.717) is 0 Å². The first-order valence-corrected chi connectivity index (χ1v) is 3.72. The Balaban J connectivity index is 3.77. The fourth-order valence-electron chi connectivity index (χ4n) is 0.562. The topological polar surface area (TPSA) is 58.2 Å². The highest BCUT2D eigenvalue weighted by molar-refractivity contribution is 6.27. The van der Waals surface area contributed by atoms with Crippen LogP contribution in [0.1, 0.15) is 6.92 Å². The van der Waals surface area contributed by atoms with E-state index >= 15 is 0 Å². The number of hydrogen-bond donors (Lipinski definition) is 2.